The normalized spacial score (nSPS) is 11.3. The molecule has 3 N–H and O–H groups in total. The van der Waals surface area contributed by atoms with Crippen molar-refractivity contribution in [1.82, 2.24) is 0 Å². The summed E-state index contributed by atoms with van der Waals surface area (Å²) in [6, 6.07) is 0. The van der Waals surface area contributed by atoms with E-state index < -0.39 is 17.7 Å². The molecule has 0 atom stereocenters. The van der Waals surface area contributed by atoms with Crippen molar-refractivity contribution in [2.75, 3.05) is 19.8 Å². The number of esters is 1. The molecule has 0 radical (unpaired) electrons. The van der Waals surface area contributed by atoms with Crippen molar-refractivity contribution in [2.24, 2.45) is 0 Å². The highest BCUT2D eigenvalue weighted by Crippen LogP contribution is 2.11. The van der Waals surface area contributed by atoms with Crippen molar-refractivity contribution < 1.29 is 43.1 Å². The zero-order chi connectivity index (χ0) is 15.7. The second kappa shape index (κ2) is 8.70. The molecule has 0 aliphatic heterocycles. The molecule has 0 spiro atoms. The SMILES string of the molecule is CC(C)(C)OC(=O)COCC[NH3+].O=C([O-])C(F)(F)F. The Morgan fingerprint density at radius 2 is 1.63 bits per heavy atom. The van der Waals surface area contributed by atoms with Gasteiger partial charge in [-0.25, -0.2) is 4.79 Å². The molecule has 114 valence electrons. The standard InChI is InChI=1S/C8H17NO3.C2HF3O2/c1-8(2,3)12-7(10)6-11-5-4-9;3-2(4,5)1(6)7/h4-6,9H2,1-3H3;(H,6,7). The number of hydrogen-bond donors (Lipinski definition) is 1. The number of ether oxygens (including phenoxy) is 2. The summed E-state index contributed by atoms with van der Waals surface area (Å²) in [5.41, 5.74) is 3.15. The highest BCUT2D eigenvalue weighted by atomic mass is 19.4. The highest BCUT2D eigenvalue weighted by molar-refractivity contribution is 5.71. The number of carboxylic acids is 1. The van der Waals surface area contributed by atoms with Crippen molar-refractivity contribution >= 4 is 11.9 Å². The summed E-state index contributed by atoms with van der Waals surface area (Å²) >= 11 is 0. The van der Waals surface area contributed by atoms with Gasteiger partial charge in [-0.3, -0.25) is 0 Å². The van der Waals surface area contributed by atoms with Gasteiger partial charge >= 0.3 is 12.1 Å². The minimum absolute atomic E-state index is 0.0206. The maximum absolute atomic E-state index is 11.0. The first kappa shape index (κ1) is 20.0. The van der Waals surface area contributed by atoms with Gasteiger partial charge in [-0.1, -0.05) is 0 Å². The van der Waals surface area contributed by atoms with E-state index in [0.717, 1.165) is 0 Å². The van der Waals surface area contributed by atoms with Gasteiger partial charge in [0.05, 0.1) is 13.2 Å². The summed E-state index contributed by atoms with van der Waals surface area (Å²) in [4.78, 5) is 19.8. The Hall–Kier alpha value is -1.35. The fraction of sp³-hybridized carbons (Fsp3) is 0.800. The van der Waals surface area contributed by atoms with Gasteiger partial charge in [0.1, 0.15) is 18.2 Å². The van der Waals surface area contributed by atoms with E-state index in [0.29, 0.717) is 13.2 Å². The Balaban J connectivity index is 0. The van der Waals surface area contributed by atoms with Crippen LogP contribution in [0.3, 0.4) is 0 Å². The van der Waals surface area contributed by atoms with Crippen molar-refractivity contribution in [3.05, 3.63) is 0 Å². The number of halogens is 3. The van der Waals surface area contributed by atoms with Crippen molar-refractivity contribution in [2.45, 2.75) is 32.5 Å². The number of aliphatic carboxylic acids is 1. The van der Waals surface area contributed by atoms with Gasteiger partial charge in [-0.2, -0.15) is 13.2 Å². The van der Waals surface area contributed by atoms with E-state index in [1.165, 1.54) is 0 Å². The average Bonchev–Trinajstić information content (AvgIpc) is 2.14. The average molecular weight is 289 g/mol. The van der Waals surface area contributed by atoms with E-state index in [4.69, 9.17) is 19.4 Å². The van der Waals surface area contributed by atoms with E-state index in [9.17, 15) is 18.0 Å². The number of rotatable bonds is 4. The molecule has 0 unspecified atom stereocenters. The fourth-order valence-corrected chi connectivity index (χ4v) is 0.629. The van der Waals surface area contributed by atoms with Crippen LogP contribution in [-0.2, 0) is 19.1 Å². The molecule has 0 saturated carbocycles. The molecule has 0 aromatic heterocycles. The van der Waals surface area contributed by atoms with E-state index in [1.54, 1.807) is 0 Å². The number of carbonyl (C=O) groups excluding carboxylic acids is 2. The molecule has 0 aliphatic rings. The Morgan fingerprint density at radius 1 is 1.21 bits per heavy atom. The second-order valence-corrected chi connectivity index (χ2v) is 4.28. The second-order valence-electron chi connectivity index (χ2n) is 4.28. The van der Waals surface area contributed by atoms with Gasteiger partial charge < -0.3 is 25.1 Å². The van der Waals surface area contributed by atoms with Crippen LogP contribution in [0.15, 0.2) is 0 Å². The molecule has 0 heterocycles. The fourth-order valence-electron chi connectivity index (χ4n) is 0.629. The zero-order valence-electron chi connectivity index (χ0n) is 11.0. The Bertz CT molecular complexity index is 286. The van der Waals surface area contributed by atoms with Crippen LogP contribution in [-0.4, -0.2) is 43.5 Å². The zero-order valence-corrected chi connectivity index (χ0v) is 11.0. The molecule has 0 rings (SSSR count). The van der Waals surface area contributed by atoms with E-state index in [1.807, 2.05) is 20.8 Å². The van der Waals surface area contributed by atoms with Crippen LogP contribution in [0.5, 0.6) is 0 Å². The lowest BCUT2D eigenvalue weighted by atomic mass is 10.2. The molecule has 9 heteroatoms. The number of carbonyl (C=O) groups is 2. The summed E-state index contributed by atoms with van der Waals surface area (Å²) in [6.07, 6.45) is -5.19. The predicted molar refractivity (Wildman–Crippen MR) is 55.5 cm³/mol. The van der Waals surface area contributed by atoms with Crippen molar-refractivity contribution in [1.29, 1.82) is 0 Å². The molecular formula is C10H18F3NO5. The maximum Gasteiger partial charge on any atom is 0.430 e. The summed E-state index contributed by atoms with van der Waals surface area (Å²) in [7, 11) is 0. The summed E-state index contributed by atoms with van der Waals surface area (Å²) < 4.78 is 41.5. The van der Waals surface area contributed by atoms with Crippen molar-refractivity contribution in [3.8, 4) is 0 Å². The molecule has 0 fully saturated rings. The van der Waals surface area contributed by atoms with E-state index >= 15 is 0 Å². The number of hydrogen-bond acceptors (Lipinski definition) is 5. The molecule has 0 bridgehead atoms. The first-order valence-corrected chi connectivity index (χ1v) is 5.27. The van der Waals surface area contributed by atoms with Crippen LogP contribution < -0.4 is 10.8 Å². The minimum atomic E-state index is -5.19. The van der Waals surface area contributed by atoms with Gasteiger partial charge in [-0.15, -0.1) is 0 Å². The van der Waals surface area contributed by atoms with Crippen LogP contribution in [0.1, 0.15) is 20.8 Å². The molecule has 0 aromatic carbocycles. The quantitative estimate of drug-likeness (QED) is 0.522. The monoisotopic (exact) mass is 289 g/mol. The lowest BCUT2D eigenvalue weighted by molar-refractivity contribution is -0.373. The van der Waals surface area contributed by atoms with Crippen LogP contribution in [0, 0.1) is 0 Å². The third kappa shape index (κ3) is 16.6. The van der Waals surface area contributed by atoms with Crippen LogP contribution >= 0.6 is 0 Å². The van der Waals surface area contributed by atoms with Gasteiger partial charge in [0.25, 0.3) is 0 Å². The molecule has 0 saturated heterocycles. The predicted octanol–water partition coefficient (Wildman–Crippen LogP) is -1.11. The first-order chi connectivity index (χ1) is 8.40. The number of carboxylic acid groups (broad SMARTS) is 1. The molecule has 6 nitrogen and oxygen atoms in total. The lowest BCUT2D eigenvalue weighted by Gasteiger charge is -2.19. The number of quaternary nitrogens is 1. The largest absolute Gasteiger partial charge is 0.542 e. The van der Waals surface area contributed by atoms with E-state index in [2.05, 4.69) is 5.73 Å². The minimum Gasteiger partial charge on any atom is -0.542 e. The first-order valence-electron chi connectivity index (χ1n) is 5.27. The summed E-state index contributed by atoms with van der Waals surface area (Å²) in [6.45, 7) is 6.67. The molecular weight excluding hydrogens is 271 g/mol. The highest BCUT2D eigenvalue weighted by Gasteiger charge is 2.28. The van der Waals surface area contributed by atoms with E-state index in [-0.39, 0.29) is 12.6 Å². The third-order valence-corrected chi connectivity index (χ3v) is 1.16. The van der Waals surface area contributed by atoms with Crippen LogP contribution in [0.25, 0.3) is 0 Å². The molecule has 19 heavy (non-hydrogen) atoms. The topological polar surface area (TPSA) is 103 Å². The Kier molecular flexibility index (Phi) is 9.15. The van der Waals surface area contributed by atoms with Crippen LogP contribution in [0.2, 0.25) is 0 Å². The smallest absolute Gasteiger partial charge is 0.430 e. The lowest BCUT2D eigenvalue weighted by Crippen LogP contribution is -2.52. The van der Waals surface area contributed by atoms with Gasteiger partial charge in [0, 0.05) is 0 Å². The maximum atomic E-state index is 11.0. The molecule has 0 amide bonds. The van der Waals surface area contributed by atoms with Crippen molar-refractivity contribution in [3.63, 3.8) is 0 Å². The Labute approximate surface area is 108 Å². The molecule has 0 aromatic rings. The van der Waals surface area contributed by atoms with Gasteiger partial charge in [0.15, 0.2) is 0 Å². The summed E-state index contributed by atoms with van der Waals surface area (Å²) in [5, 5.41) is 8.78. The Morgan fingerprint density at radius 3 is 1.89 bits per heavy atom. The number of alkyl halides is 3. The molecule has 0 aliphatic carbocycles. The van der Waals surface area contributed by atoms with Gasteiger partial charge in [0.2, 0.25) is 0 Å². The summed E-state index contributed by atoms with van der Waals surface area (Å²) in [5.74, 6) is -3.33. The van der Waals surface area contributed by atoms with Gasteiger partial charge in [-0.05, 0) is 20.8 Å². The van der Waals surface area contributed by atoms with Crippen LogP contribution in [0.4, 0.5) is 13.2 Å². The third-order valence-electron chi connectivity index (χ3n) is 1.16.